The Bertz CT molecular complexity index is 1000. The first-order valence-corrected chi connectivity index (χ1v) is 16.6. The summed E-state index contributed by atoms with van der Waals surface area (Å²) in [5.41, 5.74) is 0. The summed E-state index contributed by atoms with van der Waals surface area (Å²) in [4.78, 5) is 11.9. The molecule has 1 aliphatic rings. The van der Waals surface area contributed by atoms with Gasteiger partial charge in [0.1, 0.15) is 0 Å². The lowest BCUT2D eigenvalue weighted by atomic mass is 9.90. The van der Waals surface area contributed by atoms with Gasteiger partial charge in [-0.2, -0.15) is 0 Å². The average molecular weight is 515 g/mol. The van der Waals surface area contributed by atoms with E-state index >= 15 is 0 Å². The highest BCUT2D eigenvalue weighted by atomic mass is 32.1. The van der Waals surface area contributed by atoms with Gasteiger partial charge >= 0.3 is 5.97 Å². The highest BCUT2D eigenvalue weighted by Crippen LogP contribution is 2.43. The van der Waals surface area contributed by atoms with E-state index in [9.17, 15) is 9.90 Å². The largest absolute Gasteiger partial charge is 0.481 e. The maximum Gasteiger partial charge on any atom is 0.303 e. The van der Waals surface area contributed by atoms with Gasteiger partial charge in [-0.25, -0.2) is 0 Å². The number of carbonyl (C=O) groups is 1. The van der Waals surface area contributed by atoms with Crippen molar-refractivity contribution in [3.8, 4) is 0 Å². The van der Waals surface area contributed by atoms with Crippen LogP contribution in [0.3, 0.4) is 0 Å². The van der Waals surface area contributed by atoms with Gasteiger partial charge in [0, 0.05) is 21.9 Å². The van der Waals surface area contributed by atoms with Crippen LogP contribution in [0.1, 0.15) is 70.3 Å². The number of hydrogen-bond donors (Lipinski definition) is 2. The van der Waals surface area contributed by atoms with Gasteiger partial charge in [0.15, 0.2) is 8.32 Å². The molecule has 192 valence electrons. The minimum Gasteiger partial charge on any atom is -0.481 e. The van der Waals surface area contributed by atoms with Crippen molar-refractivity contribution in [2.24, 2.45) is 11.8 Å². The molecule has 6 heteroatoms. The zero-order valence-corrected chi connectivity index (χ0v) is 23.7. The quantitative estimate of drug-likeness (QED) is 0.180. The Kier molecular flexibility index (Phi) is 9.55. The Morgan fingerprint density at radius 1 is 1.23 bits per heavy atom. The molecule has 2 aromatic rings. The number of aliphatic hydroxyl groups excluding tert-OH is 1. The summed E-state index contributed by atoms with van der Waals surface area (Å²) in [5.74, 6) is -0.234. The van der Waals surface area contributed by atoms with Crippen LogP contribution in [0.25, 0.3) is 10.1 Å². The van der Waals surface area contributed by atoms with E-state index in [1.807, 2.05) is 0 Å². The third-order valence-corrected chi connectivity index (χ3v) is 13.3. The molecule has 1 aromatic heterocycles. The fourth-order valence-electron chi connectivity index (χ4n) is 4.46. The van der Waals surface area contributed by atoms with Crippen LogP contribution in [0.5, 0.6) is 0 Å². The highest BCUT2D eigenvalue weighted by Gasteiger charge is 2.39. The smallest absolute Gasteiger partial charge is 0.303 e. The lowest BCUT2D eigenvalue weighted by Crippen LogP contribution is -2.41. The summed E-state index contributed by atoms with van der Waals surface area (Å²) in [5, 5.41) is 20.9. The second kappa shape index (κ2) is 12.0. The SMILES string of the molecule is CC(C)(C)[Si](C)(C)O[C@H](/C=C/[C@@H]1[C@@H](C/C=C\CCCC(=O)O)CC[C@H]1O)c1cc2ccccc2s1. The predicted octanol–water partition coefficient (Wildman–Crippen LogP) is 8.11. The molecule has 0 spiro atoms. The van der Waals surface area contributed by atoms with Gasteiger partial charge in [-0.1, -0.05) is 63.3 Å². The van der Waals surface area contributed by atoms with Crippen LogP contribution >= 0.6 is 11.3 Å². The van der Waals surface area contributed by atoms with E-state index in [1.54, 1.807) is 11.3 Å². The maximum atomic E-state index is 10.8. The van der Waals surface area contributed by atoms with Gasteiger partial charge in [0.25, 0.3) is 0 Å². The Hall–Kier alpha value is -1.73. The lowest BCUT2D eigenvalue weighted by molar-refractivity contribution is -0.137. The number of aliphatic carboxylic acids is 1. The Morgan fingerprint density at radius 2 is 1.97 bits per heavy atom. The predicted molar refractivity (Wildman–Crippen MR) is 149 cm³/mol. The molecule has 0 aliphatic heterocycles. The van der Waals surface area contributed by atoms with Gasteiger partial charge < -0.3 is 14.6 Å². The van der Waals surface area contributed by atoms with Crippen molar-refractivity contribution < 1.29 is 19.4 Å². The average Bonchev–Trinajstić information content (AvgIpc) is 3.36. The number of rotatable bonds is 11. The molecule has 3 rings (SSSR count). The van der Waals surface area contributed by atoms with Gasteiger partial charge in [-0.3, -0.25) is 4.79 Å². The molecular weight excluding hydrogens is 472 g/mol. The van der Waals surface area contributed by atoms with Crippen LogP contribution in [0, 0.1) is 11.8 Å². The maximum absolute atomic E-state index is 10.8. The Labute approximate surface area is 215 Å². The number of benzene rings is 1. The molecule has 1 fully saturated rings. The van der Waals surface area contributed by atoms with E-state index in [0.29, 0.717) is 12.3 Å². The standard InChI is InChI=1S/C29H42O4SSi/c1-29(2,3)35(4,5)33-25(27-20-22-13-10-11-14-26(22)34-27)19-17-23-21(16-18-24(23)30)12-8-6-7-9-15-28(31)32/h6,8,10-11,13-14,17,19-21,23-25,30H,7,9,12,15-16,18H2,1-5H3,(H,31,32)/b8-6-,19-17+/t21-,23+,24+,25+/m0/s1. The number of thiophene rings is 1. The van der Waals surface area contributed by atoms with Crippen molar-refractivity contribution >= 4 is 35.7 Å². The number of carboxylic acids is 1. The third-order valence-electron chi connectivity index (χ3n) is 7.65. The van der Waals surface area contributed by atoms with E-state index < -0.39 is 14.3 Å². The minimum absolute atomic E-state index is 0.108. The van der Waals surface area contributed by atoms with Crippen molar-refractivity contribution in [1.29, 1.82) is 0 Å². The summed E-state index contributed by atoms with van der Waals surface area (Å²) in [6.45, 7) is 11.4. The fraction of sp³-hybridized carbons (Fsp3) is 0.552. The first-order chi connectivity index (χ1) is 16.5. The van der Waals surface area contributed by atoms with Crippen LogP contribution < -0.4 is 0 Å². The molecule has 1 aromatic carbocycles. The molecule has 4 nitrogen and oxygen atoms in total. The molecule has 0 amide bonds. The van der Waals surface area contributed by atoms with Gasteiger partial charge in [0.05, 0.1) is 12.2 Å². The normalized spacial score (nSPS) is 22.5. The Morgan fingerprint density at radius 3 is 2.66 bits per heavy atom. The van der Waals surface area contributed by atoms with E-state index in [-0.39, 0.29) is 29.6 Å². The summed E-state index contributed by atoms with van der Waals surface area (Å²) in [6, 6.07) is 10.7. The zero-order chi connectivity index (χ0) is 25.6. The zero-order valence-electron chi connectivity index (χ0n) is 21.9. The van der Waals surface area contributed by atoms with Crippen molar-refractivity contribution in [3.05, 3.63) is 59.5 Å². The number of hydrogen-bond acceptors (Lipinski definition) is 4. The van der Waals surface area contributed by atoms with Crippen LogP contribution in [0.4, 0.5) is 0 Å². The van der Waals surface area contributed by atoms with Gasteiger partial charge in [0.2, 0.25) is 0 Å². The number of aliphatic hydroxyl groups is 1. The van der Waals surface area contributed by atoms with Crippen molar-refractivity contribution in [2.45, 2.75) is 89.6 Å². The molecule has 0 radical (unpaired) electrons. The molecule has 2 N–H and O–H groups in total. The number of carboxylic acid groups (broad SMARTS) is 1. The number of unbranched alkanes of at least 4 members (excludes halogenated alkanes) is 1. The number of fused-ring (bicyclic) bond motifs is 1. The molecule has 1 saturated carbocycles. The van der Waals surface area contributed by atoms with E-state index in [1.165, 1.54) is 15.0 Å². The molecule has 35 heavy (non-hydrogen) atoms. The molecule has 4 atom stereocenters. The van der Waals surface area contributed by atoms with Crippen LogP contribution in [-0.2, 0) is 9.22 Å². The minimum atomic E-state index is -2.01. The van der Waals surface area contributed by atoms with Gasteiger partial charge in [-0.15, -0.1) is 11.3 Å². The van der Waals surface area contributed by atoms with Crippen LogP contribution in [0.2, 0.25) is 18.1 Å². The summed E-state index contributed by atoms with van der Waals surface area (Å²) < 4.78 is 8.18. The summed E-state index contributed by atoms with van der Waals surface area (Å²) in [6.07, 6.45) is 12.6. The molecule has 0 saturated heterocycles. The van der Waals surface area contributed by atoms with E-state index in [4.69, 9.17) is 9.53 Å². The fourth-order valence-corrected chi connectivity index (χ4v) is 6.82. The first kappa shape index (κ1) is 27.8. The van der Waals surface area contributed by atoms with Crippen molar-refractivity contribution in [2.75, 3.05) is 0 Å². The van der Waals surface area contributed by atoms with Crippen LogP contribution in [-0.4, -0.2) is 30.6 Å². The monoisotopic (exact) mass is 514 g/mol. The lowest BCUT2D eigenvalue weighted by Gasteiger charge is -2.38. The molecule has 1 heterocycles. The van der Waals surface area contributed by atoms with E-state index in [0.717, 1.165) is 25.7 Å². The topological polar surface area (TPSA) is 66.8 Å². The van der Waals surface area contributed by atoms with Gasteiger partial charge in [-0.05, 0) is 73.7 Å². The molecule has 0 bridgehead atoms. The third kappa shape index (κ3) is 7.62. The highest BCUT2D eigenvalue weighted by molar-refractivity contribution is 7.19. The van der Waals surface area contributed by atoms with Crippen molar-refractivity contribution in [3.63, 3.8) is 0 Å². The second-order valence-electron chi connectivity index (χ2n) is 11.3. The summed E-state index contributed by atoms with van der Waals surface area (Å²) in [7, 11) is -2.01. The second-order valence-corrected chi connectivity index (χ2v) is 17.2. The first-order valence-electron chi connectivity index (χ1n) is 12.9. The van der Waals surface area contributed by atoms with Crippen molar-refractivity contribution in [1.82, 2.24) is 0 Å². The molecule has 0 unspecified atom stereocenters. The van der Waals surface area contributed by atoms with Crippen LogP contribution in [0.15, 0.2) is 54.6 Å². The number of allylic oxidation sites excluding steroid dienone is 2. The molecular formula is C29H42O4SSi. The Balaban J connectivity index is 1.77. The molecule has 1 aliphatic carbocycles. The van der Waals surface area contributed by atoms with E-state index in [2.05, 4.69) is 88.5 Å². The summed E-state index contributed by atoms with van der Waals surface area (Å²) >= 11 is 1.79.